The normalized spacial score (nSPS) is 17.8. The van der Waals surface area contributed by atoms with Gasteiger partial charge in [-0.2, -0.15) is 0 Å². The molecule has 0 unspecified atom stereocenters. The molecule has 3 heterocycles. The molecule has 2 aromatic rings. The molecule has 0 saturated carbocycles. The summed E-state index contributed by atoms with van der Waals surface area (Å²) in [7, 11) is 4.16. The number of anilines is 2. The summed E-state index contributed by atoms with van der Waals surface area (Å²) in [4.78, 5) is 16.6. The van der Waals surface area contributed by atoms with Gasteiger partial charge in [0.15, 0.2) is 0 Å². The Morgan fingerprint density at radius 2 is 1.79 bits per heavy atom. The first-order valence-electron chi connectivity index (χ1n) is 10.2. The fourth-order valence-corrected chi connectivity index (χ4v) is 4.02. The van der Waals surface area contributed by atoms with E-state index in [1.165, 1.54) is 35.3 Å². The van der Waals surface area contributed by atoms with Crippen LogP contribution in [-0.2, 0) is 19.5 Å². The van der Waals surface area contributed by atoms with Crippen LogP contribution in [0.4, 0.5) is 11.6 Å². The Morgan fingerprint density at radius 1 is 1.07 bits per heavy atom. The molecule has 0 amide bonds. The van der Waals surface area contributed by atoms with Crippen molar-refractivity contribution >= 4 is 24.0 Å². The zero-order chi connectivity index (χ0) is 18.8. The van der Waals surface area contributed by atoms with Gasteiger partial charge in [-0.05, 0) is 36.5 Å². The molecule has 0 radical (unpaired) electrons. The zero-order valence-corrected chi connectivity index (χ0v) is 18.1. The van der Waals surface area contributed by atoms with Gasteiger partial charge in [0.1, 0.15) is 0 Å². The molecular weight excluding hydrogens is 370 g/mol. The lowest BCUT2D eigenvalue weighted by atomic mass is 9.99. The van der Waals surface area contributed by atoms with Crippen LogP contribution in [0.3, 0.4) is 0 Å². The topological polar surface area (TPSA) is 35.5 Å². The third-order valence-corrected chi connectivity index (χ3v) is 5.93. The van der Waals surface area contributed by atoms with E-state index in [-0.39, 0.29) is 12.4 Å². The van der Waals surface area contributed by atoms with Crippen molar-refractivity contribution in [3.8, 4) is 0 Å². The molecule has 152 valence electrons. The van der Waals surface area contributed by atoms with Crippen LogP contribution in [0.1, 0.15) is 36.6 Å². The summed E-state index contributed by atoms with van der Waals surface area (Å²) in [6, 6.07) is 8.87. The highest BCUT2D eigenvalue weighted by Gasteiger charge is 2.22. The van der Waals surface area contributed by atoms with Crippen LogP contribution < -0.4 is 9.80 Å². The Hall–Kier alpha value is -1.85. The number of fused-ring (bicyclic) bond motifs is 1. The van der Waals surface area contributed by atoms with Gasteiger partial charge in [-0.3, -0.25) is 4.90 Å². The molecule has 1 fully saturated rings. The average molecular weight is 402 g/mol. The fraction of sp³-hybridized carbons (Fsp3) is 0.545. The smallest absolute Gasteiger partial charge is 0.225 e. The Labute approximate surface area is 175 Å². The van der Waals surface area contributed by atoms with Crippen molar-refractivity contribution in [3.63, 3.8) is 0 Å². The summed E-state index contributed by atoms with van der Waals surface area (Å²) in [6.45, 7) is 7.52. The van der Waals surface area contributed by atoms with Gasteiger partial charge in [-0.25, -0.2) is 9.97 Å². The van der Waals surface area contributed by atoms with Gasteiger partial charge >= 0.3 is 0 Å². The van der Waals surface area contributed by atoms with Crippen molar-refractivity contribution in [2.24, 2.45) is 5.92 Å². The van der Waals surface area contributed by atoms with Gasteiger partial charge in [0.25, 0.3) is 0 Å². The Kier molecular flexibility index (Phi) is 6.78. The number of nitrogens with zero attached hydrogens (tertiary/aromatic N) is 5. The van der Waals surface area contributed by atoms with Crippen LogP contribution in [0.2, 0.25) is 0 Å². The van der Waals surface area contributed by atoms with Crippen molar-refractivity contribution in [1.82, 2.24) is 14.9 Å². The van der Waals surface area contributed by atoms with Gasteiger partial charge < -0.3 is 9.80 Å². The first kappa shape index (κ1) is 20.9. The Bertz CT molecular complexity index is 769. The predicted molar refractivity (Wildman–Crippen MR) is 118 cm³/mol. The summed E-state index contributed by atoms with van der Waals surface area (Å²) >= 11 is 0. The van der Waals surface area contributed by atoms with E-state index in [0.29, 0.717) is 0 Å². The van der Waals surface area contributed by atoms with E-state index in [1.807, 2.05) is 0 Å². The highest BCUT2D eigenvalue weighted by Crippen LogP contribution is 2.24. The summed E-state index contributed by atoms with van der Waals surface area (Å²) in [6.07, 6.45) is 5.59. The molecule has 0 atom stereocenters. The van der Waals surface area contributed by atoms with Gasteiger partial charge in [-0.1, -0.05) is 19.1 Å². The van der Waals surface area contributed by atoms with Crippen LogP contribution >= 0.6 is 12.4 Å². The molecule has 1 saturated heterocycles. The fourth-order valence-electron chi connectivity index (χ4n) is 4.02. The third kappa shape index (κ3) is 4.76. The molecule has 1 aromatic heterocycles. The number of benzene rings is 1. The molecule has 2 aliphatic heterocycles. The van der Waals surface area contributed by atoms with Crippen LogP contribution in [0, 0.1) is 5.92 Å². The van der Waals surface area contributed by atoms with E-state index in [9.17, 15) is 0 Å². The molecule has 4 rings (SSSR count). The molecule has 5 nitrogen and oxygen atoms in total. The lowest BCUT2D eigenvalue weighted by Crippen LogP contribution is -2.35. The SMILES string of the molecule is CC1CCN(c2ncc3c(n2)CCN(Cc2ccc(N(C)C)cc2)C3)CC1.Cl. The minimum absolute atomic E-state index is 0. The van der Waals surface area contributed by atoms with Gasteiger partial charge in [0.05, 0.1) is 5.69 Å². The summed E-state index contributed by atoms with van der Waals surface area (Å²) in [5.74, 6) is 1.77. The number of piperidine rings is 1. The van der Waals surface area contributed by atoms with Crippen molar-refractivity contribution in [1.29, 1.82) is 0 Å². The molecule has 1 aromatic carbocycles. The maximum absolute atomic E-state index is 4.92. The number of rotatable bonds is 4. The van der Waals surface area contributed by atoms with Gasteiger partial charge in [-0.15, -0.1) is 12.4 Å². The molecule has 0 bridgehead atoms. The first-order valence-corrected chi connectivity index (χ1v) is 10.2. The maximum atomic E-state index is 4.92. The molecule has 0 aliphatic carbocycles. The van der Waals surface area contributed by atoms with Crippen molar-refractivity contribution in [3.05, 3.63) is 47.3 Å². The number of aromatic nitrogens is 2. The van der Waals surface area contributed by atoms with E-state index in [1.54, 1.807) is 0 Å². The molecule has 28 heavy (non-hydrogen) atoms. The molecular formula is C22H32ClN5. The second-order valence-electron chi connectivity index (χ2n) is 8.33. The van der Waals surface area contributed by atoms with E-state index in [0.717, 1.165) is 51.0 Å². The monoisotopic (exact) mass is 401 g/mol. The van der Waals surface area contributed by atoms with Gasteiger partial charge in [0, 0.05) is 70.7 Å². The molecule has 2 aliphatic rings. The van der Waals surface area contributed by atoms with E-state index >= 15 is 0 Å². The Balaban J connectivity index is 0.00000225. The van der Waals surface area contributed by atoms with Crippen LogP contribution in [0.15, 0.2) is 30.5 Å². The summed E-state index contributed by atoms with van der Waals surface area (Å²) in [5.41, 5.74) is 5.15. The molecule has 0 N–H and O–H groups in total. The lowest BCUT2D eigenvalue weighted by Gasteiger charge is -2.32. The summed E-state index contributed by atoms with van der Waals surface area (Å²) in [5, 5.41) is 0. The predicted octanol–water partition coefficient (Wildman–Crippen LogP) is 3.76. The second-order valence-corrected chi connectivity index (χ2v) is 8.33. The van der Waals surface area contributed by atoms with E-state index < -0.39 is 0 Å². The number of hydrogen-bond donors (Lipinski definition) is 0. The van der Waals surface area contributed by atoms with Crippen molar-refractivity contribution < 1.29 is 0 Å². The minimum atomic E-state index is 0. The largest absolute Gasteiger partial charge is 0.378 e. The average Bonchev–Trinajstić information content (AvgIpc) is 2.68. The minimum Gasteiger partial charge on any atom is -0.378 e. The van der Waals surface area contributed by atoms with Crippen molar-refractivity contribution in [2.75, 3.05) is 43.5 Å². The first-order chi connectivity index (χ1) is 13.1. The van der Waals surface area contributed by atoms with Crippen LogP contribution in [0.25, 0.3) is 0 Å². The highest BCUT2D eigenvalue weighted by atomic mass is 35.5. The third-order valence-electron chi connectivity index (χ3n) is 5.93. The van der Waals surface area contributed by atoms with Crippen LogP contribution in [-0.4, -0.2) is 48.6 Å². The quantitative estimate of drug-likeness (QED) is 0.779. The number of halogens is 1. The molecule has 6 heteroatoms. The second kappa shape index (κ2) is 9.10. The summed E-state index contributed by atoms with van der Waals surface area (Å²) < 4.78 is 0. The number of hydrogen-bond acceptors (Lipinski definition) is 5. The zero-order valence-electron chi connectivity index (χ0n) is 17.3. The maximum Gasteiger partial charge on any atom is 0.225 e. The van der Waals surface area contributed by atoms with Crippen LogP contribution in [0.5, 0.6) is 0 Å². The van der Waals surface area contributed by atoms with E-state index in [2.05, 4.69) is 66.2 Å². The standard InChI is InChI=1S/C22H31N5.ClH/c1-17-8-12-27(13-9-17)22-23-14-19-16-26(11-10-21(19)24-22)15-18-4-6-20(7-5-18)25(2)3;/h4-7,14,17H,8-13,15-16H2,1-3H3;1H. The van der Waals surface area contributed by atoms with E-state index in [4.69, 9.17) is 9.97 Å². The Morgan fingerprint density at radius 3 is 2.46 bits per heavy atom. The lowest BCUT2D eigenvalue weighted by molar-refractivity contribution is 0.243. The highest BCUT2D eigenvalue weighted by molar-refractivity contribution is 5.85. The molecule has 0 spiro atoms. The van der Waals surface area contributed by atoms with Crippen molar-refractivity contribution in [2.45, 2.75) is 39.3 Å². The van der Waals surface area contributed by atoms with Gasteiger partial charge in [0.2, 0.25) is 5.95 Å².